The van der Waals surface area contributed by atoms with Crippen LogP contribution in [0, 0.1) is 11.8 Å². The van der Waals surface area contributed by atoms with Gasteiger partial charge >= 0.3 is 0 Å². The summed E-state index contributed by atoms with van der Waals surface area (Å²) in [6.07, 6.45) is 6.73. The van der Waals surface area contributed by atoms with Crippen molar-refractivity contribution >= 4 is 29.9 Å². The van der Waals surface area contributed by atoms with Crippen LogP contribution in [0.5, 0.6) is 0 Å². The van der Waals surface area contributed by atoms with Crippen LogP contribution in [-0.2, 0) is 0 Å². The van der Waals surface area contributed by atoms with Gasteiger partial charge in [-0.25, -0.2) is 0 Å². The average molecular weight is 394 g/mol. The molecule has 0 radical (unpaired) electrons. The molecule has 0 unspecified atom stereocenters. The van der Waals surface area contributed by atoms with Crippen LogP contribution in [0.2, 0.25) is 0 Å². The molecule has 0 spiro atoms. The first-order valence-electron chi connectivity index (χ1n) is 7.95. The summed E-state index contributed by atoms with van der Waals surface area (Å²) in [5.41, 5.74) is 0. The van der Waals surface area contributed by atoms with Crippen molar-refractivity contribution in [1.82, 2.24) is 15.5 Å². The van der Waals surface area contributed by atoms with Crippen LogP contribution < -0.4 is 10.6 Å². The van der Waals surface area contributed by atoms with Gasteiger partial charge in [0, 0.05) is 20.1 Å². The Labute approximate surface area is 141 Å². The van der Waals surface area contributed by atoms with Gasteiger partial charge in [-0.05, 0) is 63.6 Å². The highest BCUT2D eigenvalue weighted by atomic mass is 127. The molecular formula is C15H31IN4. The fourth-order valence-electron chi connectivity index (χ4n) is 2.58. The first-order valence-corrected chi connectivity index (χ1v) is 7.95. The summed E-state index contributed by atoms with van der Waals surface area (Å²) in [4.78, 5) is 6.86. The fourth-order valence-corrected chi connectivity index (χ4v) is 2.58. The lowest BCUT2D eigenvalue weighted by Crippen LogP contribution is -2.40. The molecule has 20 heavy (non-hydrogen) atoms. The summed E-state index contributed by atoms with van der Waals surface area (Å²) >= 11 is 0. The minimum atomic E-state index is 0. The van der Waals surface area contributed by atoms with Gasteiger partial charge in [-0.2, -0.15) is 0 Å². The van der Waals surface area contributed by atoms with Gasteiger partial charge in [-0.3, -0.25) is 4.99 Å². The Morgan fingerprint density at radius 3 is 2.45 bits per heavy atom. The van der Waals surface area contributed by atoms with Crippen LogP contribution in [0.1, 0.15) is 39.0 Å². The van der Waals surface area contributed by atoms with Crippen LogP contribution in [0.3, 0.4) is 0 Å². The van der Waals surface area contributed by atoms with Crippen molar-refractivity contribution in [3.05, 3.63) is 0 Å². The molecule has 0 amide bonds. The van der Waals surface area contributed by atoms with Gasteiger partial charge in [-0.1, -0.05) is 6.92 Å². The van der Waals surface area contributed by atoms with E-state index in [2.05, 4.69) is 27.4 Å². The van der Waals surface area contributed by atoms with Crippen molar-refractivity contribution < 1.29 is 0 Å². The lowest BCUT2D eigenvalue weighted by molar-refractivity contribution is 0.191. The van der Waals surface area contributed by atoms with Crippen LogP contribution in [0.25, 0.3) is 0 Å². The van der Waals surface area contributed by atoms with Crippen molar-refractivity contribution in [2.75, 3.05) is 39.8 Å². The first-order chi connectivity index (χ1) is 9.28. The van der Waals surface area contributed by atoms with Gasteiger partial charge in [0.15, 0.2) is 5.96 Å². The summed E-state index contributed by atoms with van der Waals surface area (Å²) < 4.78 is 0. The highest BCUT2D eigenvalue weighted by Gasteiger charge is 2.21. The molecule has 1 saturated heterocycles. The van der Waals surface area contributed by atoms with Gasteiger partial charge < -0.3 is 15.5 Å². The fraction of sp³-hybridized carbons (Fsp3) is 0.933. The van der Waals surface area contributed by atoms with Gasteiger partial charge in [-0.15, -0.1) is 24.0 Å². The van der Waals surface area contributed by atoms with E-state index in [1.807, 2.05) is 7.05 Å². The normalized spacial score (nSPS) is 21.4. The van der Waals surface area contributed by atoms with Gasteiger partial charge in [0.2, 0.25) is 0 Å². The molecule has 2 aliphatic rings. The second-order valence-electron chi connectivity index (χ2n) is 6.20. The Morgan fingerprint density at radius 2 is 1.85 bits per heavy atom. The van der Waals surface area contributed by atoms with E-state index >= 15 is 0 Å². The van der Waals surface area contributed by atoms with Crippen molar-refractivity contribution in [1.29, 1.82) is 0 Å². The van der Waals surface area contributed by atoms with E-state index in [1.54, 1.807) is 0 Å². The maximum Gasteiger partial charge on any atom is 0.190 e. The Balaban J connectivity index is 0.00000200. The third kappa shape index (κ3) is 7.11. The first kappa shape index (κ1) is 18.0. The second-order valence-corrected chi connectivity index (χ2v) is 6.20. The van der Waals surface area contributed by atoms with Crippen molar-refractivity contribution in [3.8, 4) is 0 Å². The molecule has 1 saturated carbocycles. The number of hydrogen-bond acceptors (Lipinski definition) is 2. The molecule has 2 N–H and O–H groups in total. The zero-order chi connectivity index (χ0) is 13.5. The molecule has 1 aliphatic carbocycles. The van der Waals surface area contributed by atoms with Crippen LogP contribution in [0.4, 0.5) is 0 Å². The summed E-state index contributed by atoms with van der Waals surface area (Å²) in [5.74, 6) is 2.80. The topological polar surface area (TPSA) is 39.7 Å². The molecule has 0 aromatic carbocycles. The molecule has 0 atom stereocenters. The lowest BCUT2D eigenvalue weighted by Gasteiger charge is -2.30. The van der Waals surface area contributed by atoms with Gasteiger partial charge in [0.05, 0.1) is 0 Å². The number of nitrogens with zero attached hydrogens (tertiary/aromatic N) is 2. The highest BCUT2D eigenvalue weighted by Crippen LogP contribution is 2.27. The molecule has 1 heterocycles. The van der Waals surface area contributed by atoms with Crippen molar-refractivity contribution in [2.24, 2.45) is 16.8 Å². The third-order valence-corrected chi connectivity index (χ3v) is 4.30. The number of rotatable bonds is 6. The minimum Gasteiger partial charge on any atom is -0.356 e. The van der Waals surface area contributed by atoms with E-state index in [1.165, 1.54) is 51.7 Å². The molecule has 118 valence electrons. The van der Waals surface area contributed by atoms with E-state index in [4.69, 9.17) is 0 Å². The van der Waals surface area contributed by atoms with E-state index in [-0.39, 0.29) is 24.0 Å². The minimum absolute atomic E-state index is 0. The summed E-state index contributed by atoms with van der Waals surface area (Å²) in [7, 11) is 1.86. The molecule has 1 aliphatic heterocycles. The smallest absolute Gasteiger partial charge is 0.190 e. The Kier molecular flexibility index (Phi) is 8.84. The zero-order valence-corrected chi connectivity index (χ0v) is 15.4. The number of nitrogens with one attached hydrogen (secondary N) is 2. The second kappa shape index (κ2) is 9.82. The number of guanidine groups is 1. The maximum absolute atomic E-state index is 4.26. The van der Waals surface area contributed by atoms with Crippen molar-refractivity contribution in [3.63, 3.8) is 0 Å². The predicted molar refractivity (Wildman–Crippen MR) is 97.0 cm³/mol. The van der Waals surface area contributed by atoms with Crippen LogP contribution in [-0.4, -0.2) is 50.6 Å². The molecule has 5 heteroatoms. The van der Waals surface area contributed by atoms with E-state index in [0.717, 1.165) is 30.9 Å². The quantitative estimate of drug-likeness (QED) is 0.314. The van der Waals surface area contributed by atoms with Crippen molar-refractivity contribution in [2.45, 2.75) is 39.0 Å². The maximum atomic E-state index is 4.26. The molecule has 2 rings (SSSR count). The summed E-state index contributed by atoms with van der Waals surface area (Å²) in [6, 6.07) is 0. The predicted octanol–water partition coefficient (Wildman–Crippen LogP) is 2.30. The van der Waals surface area contributed by atoms with Gasteiger partial charge in [0.1, 0.15) is 0 Å². The highest BCUT2D eigenvalue weighted by molar-refractivity contribution is 14.0. The number of piperidine rings is 1. The number of likely N-dealkylation sites (tertiary alicyclic amines) is 1. The standard InChI is InChI=1S/C15H30N4.HI/c1-13-6-10-19(11-7-13)9-3-8-17-15(16-2)18-12-14-4-5-14;/h13-14H,3-12H2,1-2H3,(H2,16,17,18);1H. The molecule has 0 aromatic heterocycles. The number of aliphatic imine (C=N–C) groups is 1. The molecular weight excluding hydrogens is 363 g/mol. The Morgan fingerprint density at radius 1 is 1.15 bits per heavy atom. The lowest BCUT2D eigenvalue weighted by atomic mass is 9.99. The molecule has 2 fully saturated rings. The molecule has 4 nitrogen and oxygen atoms in total. The summed E-state index contributed by atoms with van der Waals surface area (Å²) in [5, 5.41) is 6.81. The monoisotopic (exact) mass is 394 g/mol. The van der Waals surface area contributed by atoms with E-state index in [0.29, 0.717) is 0 Å². The third-order valence-electron chi connectivity index (χ3n) is 4.30. The SMILES string of the molecule is CN=C(NCCCN1CCC(C)CC1)NCC1CC1.I. The zero-order valence-electron chi connectivity index (χ0n) is 13.0. The van der Waals surface area contributed by atoms with Gasteiger partial charge in [0.25, 0.3) is 0 Å². The Hall–Kier alpha value is -0.0400. The van der Waals surface area contributed by atoms with Crippen LogP contribution >= 0.6 is 24.0 Å². The average Bonchev–Trinajstić information content (AvgIpc) is 3.24. The number of hydrogen-bond donors (Lipinski definition) is 2. The van der Waals surface area contributed by atoms with Crippen LogP contribution in [0.15, 0.2) is 4.99 Å². The number of halogens is 1. The molecule has 0 aromatic rings. The van der Waals surface area contributed by atoms with E-state index < -0.39 is 0 Å². The largest absolute Gasteiger partial charge is 0.356 e. The Bertz CT molecular complexity index is 284. The van der Waals surface area contributed by atoms with E-state index in [9.17, 15) is 0 Å². The molecule has 0 bridgehead atoms. The summed E-state index contributed by atoms with van der Waals surface area (Å²) in [6.45, 7) is 8.28.